The molecular formula is C24H22O10S2. The van der Waals surface area contributed by atoms with Crippen LogP contribution in [0.1, 0.15) is 0 Å². The fraction of sp³-hybridized carbons (Fsp3) is 0.208. The van der Waals surface area contributed by atoms with Gasteiger partial charge < -0.3 is 28.1 Å². The van der Waals surface area contributed by atoms with Crippen LogP contribution in [-0.2, 0) is 10.1 Å². The molecule has 36 heavy (non-hydrogen) atoms. The zero-order chi connectivity index (χ0) is 26.2. The Kier molecular flexibility index (Phi) is 6.85. The van der Waals surface area contributed by atoms with E-state index in [9.17, 15) is 17.8 Å². The molecule has 0 aliphatic rings. The Labute approximate surface area is 210 Å². The summed E-state index contributed by atoms with van der Waals surface area (Å²) in [5.41, 5.74) is -0.253. The maximum absolute atomic E-state index is 14.0. The molecule has 0 aliphatic heterocycles. The Balaban J connectivity index is 2.21. The molecule has 0 radical (unpaired) electrons. The van der Waals surface area contributed by atoms with Crippen LogP contribution in [0.5, 0.6) is 28.7 Å². The fourth-order valence-electron chi connectivity index (χ4n) is 3.88. The molecule has 2 heterocycles. The van der Waals surface area contributed by atoms with Crippen LogP contribution in [-0.4, -0.2) is 48.5 Å². The van der Waals surface area contributed by atoms with Crippen molar-refractivity contribution in [1.82, 2.24) is 0 Å². The third kappa shape index (κ3) is 4.23. The highest BCUT2D eigenvalue weighted by atomic mass is 32.3. The van der Waals surface area contributed by atoms with E-state index in [0.29, 0.717) is 17.1 Å². The molecule has 0 aliphatic carbocycles. The second-order valence-electron chi connectivity index (χ2n) is 7.35. The number of methoxy groups -OCH3 is 5. The van der Waals surface area contributed by atoms with Crippen LogP contribution in [0.3, 0.4) is 0 Å². The lowest BCUT2D eigenvalue weighted by Gasteiger charge is -2.16. The highest BCUT2D eigenvalue weighted by molar-refractivity contribution is 7.88. The molecule has 12 heteroatoms. The van der Waals surface area contributed by atoms with E-state index in [1.165, 1.54) is 59.1 Å². The van der Waals surface area contributed by atoms with E-state index in [0.717, 1.165) is 11.3 Å². The Bertz CT molecular complexity index is 1590. The predicted molar refractivity (Wildman–Crippen MR) is 134 cm³/mol. The first-order valence-electron chi connectivity index (χ1n) is 10.3. The normalized spacial score (nSPS) is 11.4. The second kappa shape index (κ2) is 9.72. The van der Waals surface area contributed by atoms with Crippen molar-refractivity contribution in [3.8, 4) is 51.2 Å². The number of hydrogen-bond donors (Lipinski definition) is 1. The maximum atomic E-state index is 14.0. The molecule has 2 aromatic heterocycles. The summed E-state index contributed by atoms with van der Waals surface area (Å²) in [6.07, 6.45) is 0. The van der Waals surface area contributed by atoms with Crippen LogP contribution in [0.25, 0.3) is 33.4 Å². The van der Waals surface area contributed by atoms with Crippen molar-refractivity contribution < 1.29 is 41.1 Å². The molecule has 0 fully saturated rings. The topological polar surface area (TPSA) is 131 Å². The third-order valence-electron chi connectivity index (χ3n) is 5.45. The molecule has 0 bridgehead atoms. The SMILES string of the molecule is COc1cc(OC)c2c(=O)c(-c3ccsc3S(=O)(=O)O)c(-c3cc(OC)c(OC)c(OC)c3)oc2c1. The molecule has 0 atom stereocenters. The molecule has 0 spiro atoms. The maximum Gasteiger partial charge on any atom is 0.304 e. The van der Waals surface area contributed by atoms with E-state index >= 15 is 0 Å². The van der Waals surface area contributed by atoms with Crippen LogP contribution in [0.15, 0.2) is 49.1 Å². The van der Waals surface area contributed by atoms with Gasteiger partial charge in [-0.2, -0.15) is 8.42 Å². The van der Waals surface area contributed by atoms with Gasteiger partial charge in [0.25, 0.3) is 0 Å². The molecule has 0 saturated carbocycles. The molecule has 0 amide bonds. The van der Waals surface area contributed by atoms with E-state index in [1.807, 2.05) is 0 Å². The highest BCUT2D eigenvalue weighted by Crippen LogP contribution is 2.45. The fourth-order valence-corrected chi connectivity index (χ4v) is 5.60. The molecule has 0 unspecified atom stereocenters. The van der Waals surface area contributed by atoms with Gasteiger partial charge in [-0.3, -0.25) is 9.35 Å². The minimum absolute atomic E-state index is 0.00496. The largest absolute Gasteiger partial charge is 0.496 e. The minimum atomic E-state index is -4.65. The van der Waals surface area contributed by atoms with Gasteiger partial charge in [-0.25, -0.2) is 0 Å². The number of hydrogen-bond acceptors (Lipinski definition) is 10. The average Bonchev–Trinajstić information content (AvgIpc) is 3.36. The quantitative estimate of drug-likeness (QED) is 0.323. The third-order valence-corrected chi connectivity index (χ3v) is 7.76. The van der Waals surface area contributed by atoms with Gasteiger partial charge in [0.15, 0.2) is 15.7 Å². The van der Waals surface area contributed by atoms with Crippen molar-refractivity contribution in [2.75, 3.05) is 35.5 Å². The first-order valence-corrected chi connectivity index (χ1v) is 12.6. The van der Waals surface area contributed by atoms with E-state index < -0.39 is 19.8 Å². The minimum Gasteiger partial charge on any atom is -0.496 e. The first-order chi connectivity index (χ1) is 17.2. The summed E-state index contributed by atoms with van der Waals surface area (Å²) in [4.78, 5) is 14.0. The molecule has 2 aromatic carbocycles. The number of rotatable bonds is 8. The summed E-state index contributed by atoms with van der Waals surface area (Å²) in [6.45, 7) is 0. The summed E-state index contributed by atoms with van der Waals surface area (Å²) in [7, 11) is 2.50. The zero-order valence-electron chi connectivity index (χ0n) is 19.9. The molecule has 1 N–H and O–H groups in total. The Hall–Kier alpha value is -3.74. The molecule has 4 aromatic rings. The molecule has 190 valence electrons. The summed E-state index contributed by atoms with van der Waals surface area (Å²) in [6, 6.07) is 7.57. The Morgan fingerprint density at radius 3 is 2.03 bits per heavy atom. The smallest absolute Gasteiger partial charge is 0.304 e. The Morgan fingerprint density at radius 1 is 0.861 bits per heavy atom. The van der Waals surface area contributed by atoms with Gasteiger partial charge in [0.2, 0.25) is 11.2 Å². The van der Waals surface area contributed by atoms with Gasteiger partial charge in [-0.1, -0.05) is 0 Å². The zero-order valence-corrected chi connectivity index (χ0v) is 21.5. The molecular weight excluding hydrogens is 512 g/mol. The van der Waals surface area contributed by atoms with Crippen molar-refractivity contribution in [3.63, 3.8) is 0 Å². The summed E-state index contributed by atoms with van der Waals surface area (Å²) in [5, 5.41) is 1.52. The second-order valence-corrected chi connectivity index (χ2v) is 9.88. The van der Waals surface area contributed by atoms with Crippen molar-refractivity contribution in [3.05, 3.63) is 45.9 Å². The van der Waals surface area contributed by atoms with Crippen LogP contribution in [0, 0.1) is 0 Å². The van der Waals surface area contributed by atoms with Gasteiger partial charge >= 0.3 is 10.1 Å². The van der Waals surface area contributed by atoms with E-state index in [-0.39, 0.29) is 45.1 Å². The number of fused-ring (bicyclic) bond motifs is 1. The summed E-state index contributed by atoms with van der Waals surface area (Å²) >= 11 is 0.768. The van der Waals surface area contributed by atoms with Gasteiger partial charge in [-0.15, -0.1) is 11.3 Å². The van der Waals surface area contributed by atoms with Gasteiger partial charge in [0, 0.05) is 23.3 Å². The van der Waals surface area contributed by atoms with E-state index in [4.69, 9.17) is 28.1 Å². The van der Waals surface area contributed by atoms with Crippen molar-refractivity contribution in [2.45, 2.75) is 4.21 Å². The first kappa shape index (κ1) is 25.4. The van der Waals surface area contributed by atoms with E-state index in [1.54, 1.807) is 12.1 Å². The lowest BCUT2D eigenvalue weighted by Crippen LogP contribution is -2.10. The standard InChI is InChI=1S/C24H22O10S2/c1-29-13-10-15(30-2)20-16(11-13)34-22(12-8-17(31-3)23(33-5)18(9-12)32-4)19(21(20)25)14-6-7-35-24(14)36(26,27)28/h6-11H,1-5H3,(H,26,27,28). The van der Waals surface area contributed by atoms with Crippen molar-refractivity contribution >= 4 is 32.4 Å². The summed E-state index contributed by atoms with van der Waals surface area (Å²) < 4.78 is 66.9. The summed E-state index contributed by atoms with van der Waals surface area (Å²) in [5.74, 6) is 1.42. The van der Waals surface area contributed by atoms with Gasteiger partial charge in [-0.05, 0) is 23.6 Å². The molecule has 0 saturated heterocycles. The molecule has 10 nitrogen and oxygen atoms in total. The van der Waals surface area contributed by atoms with E-state index in [2.05, 4.69) is 0 Å². The number of ether oxygens (including phenoxy) is 5. The van der Waals surface area contributed by atoms with Crippen LogP contribution < -0.4 is 29.1 Å². The van der Waals surface area contributed by atoms with Crippen LogP contribution >= 0.6 is 11.3 Å². The molecule has 4 rings (SSSR count). The van der Waals surface area contributed by atoms with Crippen molar-refractivity contribution in [1.29, 1.82) is 0 Å². The average molecular weight is 535 g/mol. The number of thiophene rings is 1. The van der Waals surface area contributed by atoms with Gasteiger partial charge in [0.05, 0.1) is 41.1 Å². The Morgan fingerprint density at radius 2 is 1.50 bits per heavy atom. The highest BCUT2D eigenvalue weighted by Gasteiger charge is 2.28. The monoisotopic (exact) mass is 534 g/mol. The lowest BCUT2D eigenvalue weighted by molar-refractivity contribution is 0.324. The lowest BCUT2D eigenvalue weighted by atomic mass is 9.99. The number of benzene rings is 2. The van der Waals surface area contributed by atoms with Crippen molar-refractivity contribution in [2.24, 2.45) is 0 Å². The van der Waals surface area contributed by atoms with Crippen LogP contribution in [0.2, 0.25) is 0 Å². The van der Waals surface area contributed by atoms with Gasteiger partial charge in [0.1, 0.15) is 28.2 Å². The predicted octanol–water partition coefficient (Wildman–Crippen LogP) is 4.48. The van der Waals surface area contributed by atoms with Crippen LogP contribution in [0.4, 0.5) is 0 Å².